The molecule has 0 N–H and O–H groups in total. The maximum absolute atomic E-state index is 7.08. The van der Waals surface area contributed by atoms with E-state index >= 15 is 0 Å². The van der Waals surface area contributed by atoms with Gasteiger partial charge < -0.3 is 8.98 Å². The number of aromatic nitrogens is 3. The zero-order valence-corrected chi connectivity index (χ0v) is 29.5. The molecule has 0 bridgehead atoms. The Morgan fingerprint density at radius 3 is 2.23 bits per heavy atom. The Morgan fingerprint density at radius 2 is 1.36 bits per heavy atom. The number of allylic oxidation sites excluding steroid dienone is 4. The molecule has 3 heterocycles. The van der Waals surface area contributed by atoms with Gasteiger partial charge in [-0.15, -0.1) is 0 Å². The molecule has 6 aromatic carbocycles. The molecule has 1 atom stereocenters. The molecule has 11 rings (SSSR count). The normalized spacial score (nSPS) is 15.8. The highest BCUT2D eigenvalue weighted by Gasteiger charge is 2.36. The van der Waals surface area contributed by atoms with E-state index in [0.29, 0.717) is 5.82 Å². The van der Waals surface area contributed by atoms with E-state index in [-0.39, 0.29) is 11.3 Å². The van der Waals surface area contributed by atoms with Crippen molar-refractivity contribution >= 4 is 43.7 Å². The molecule has 0 amide bonds. The molecule has 9 aromatic rings. The van der Waals surface area contributed by atoms with Crippen LogP contribution in [-0.4, -0.2) is 14.5 Å². The van der Waals surface area contributed by atoms with Crippen LogP contribution >= 0.6 is 0 Å². The molecule has 0 aliphatic heterocycles. The molecule has 4 heteroatoms. The molecule has 0 radical (unpaired) electrons. The zero-order valence-electron chi connectivity index (χ0n) is 29.5. The van der Waals surface area contributed by atoms with Crippen LogP contribution in [0.5, 0.6) is 0 Å². The van der Waals surface area contributed by atoms with Gasteiger partial charge in [-0.3, -0.25) is 0 Å². The number of rotatable bonds is 4. The molecule has 0 spiro atoms. The second-order valence-electron chi connectivity index (χ2n) is 14.9. The average Bonchev–Trinajstić information content (AvgIpc) is 3.83. The Kier molecular flexibility index (Phi) is 6.39. The van der Waals surface area contributed by atoms with Crippen LogP contribution in [-0.2, 0) is 5.41 Å². The smallest absolute Gasteiger partial charge is 0.163 e. The quantitative estimate of drug-likeness (QED) is 0.186. The van der Waals surface area contributed by atoms with Crippen LogP contribution in [0, 0.1) is 0 Å². The summed E-state index contributed by atoms with van der Waals surface area (Å²) in [6, 6.07) is 47.9. The van der Waals surface area contributed by atoms with Gasteiger partial charge in [-0.2, -0.15) is 0 Å². The summed E-state index contributed by atoms with van der Waals surface area (Å²) < 4.78 is 9.48. The van der Waals surface area contributed by atoms with Crippen molar-refractivity contribution in [2.75, 3.05) is 0 Å². The molecule has 0 fully saturated rings. The van der Waals surface area contributed by atoms with E-state index in [1.165, 1.54) is 38.5 Å². The minimum absolute atomic E-state index is 0.113. The second-order valence-corrected chi connectivity index (χ2v) is 14.9. The molecule has 1 unspecified atom stereocenters. The fourth-order valence-corrected chi connectivity index (χ4v) is 8.91. The van der Waals surface area contributed by atoms with Crippen LogP contribution in [0.4, 0.5) is 0 Å². The summed E-state index contributed by atoms with van der Waals surface area (Å²) in [5.74, 6) is 0.852. The third kappa shape index (κ3) is 4.42. The van der Waals surface area contributed by atoms with Crippen molar-refractivity contribution in [2.24, 2.45) is 0 Å². The van der Waals surface area contributed by atoms with Crippen molar-refractivity contribution in [3.63, 3.8) is 0 Å². The predicted octanol–water partition coefficient (Wildman–Crippen LogP) is 12.7. The standard InChI is InChI=1S/C49H35N3O/c1-49(2)39-24-11-9-19-32(39)37-27-38-33-20-10-12-25-43(33)52(45(38)28-40(37)49)44-26-14-22-35-34-21-13-23-36(46(34)53-47(35)44)48-50-41(30-15-5-3-6-16-30)29-42(51-48)31-17-7-4-8-18-31/h3-17,19-29,31H,18H2,1-2H3. The fourth-order valence-electron chi connectivity index (χ4n) is 8.91. The zero-order chi connectivity index (χ0) is 35.3. The Balaban J connectivity index is 1.15. The van der Waals surface area contributed by atoms with E-state index in [4.69, 9.17) is 14.4 Å². The molecular weight excluding hydrogens is 647 g/mol. The van der Waals surface area contributed by atoms with Gasteiger partial charge in [-0.25, -0.2) is 9.97 Å². The van der Waals surface area contributed by atoms with Gasteiger partial charge in [0.1, 0.15) is 5.58 Å². The first-order valence-corrected chi connectivity index (χ1v) is 18.4. The number of furan rings is 1. The lowest BCUT2D eigenvalue weighted by atomic mass is 9.82. The van der Waals surface area contributed by atoms with Crippen molar-refractivity contribution in [2.45, 2.75) is 31.6 Å². The highest BCUT2D eigenvalue weighted by atomic mass is 16.3. The van der Waals surface area contributed by atoms with E-state index in [9.17, 15) is 0 Å². The first kappa shape index (κ1) is 30.1. The van der Waals surface area contributed by atoms with Crippen molar-refractivity contribution in [3.05, 3.63) is 175 Å². The van der Waals surface area contributed by atoms with Crippen molar-refractivity contribution < 1.29 is 4.42 Å². The van der Waals surface area contributed by atoms with E-state index in [2.05, 4.69) is 170 Å². The van der Waals surface area contributed by atoms with Crippen LogP contribution in [0.2, 0.25) is 0 Å². The van der Waals surface area contributed by atoms with Crippen LogP contribution in [0.1, 0.15) is 43.0 Å². The molecule has 4 nitrogen and oxygen atoms in total. The highest BCUT2D eigenvalue weighted by Crippen LogP contribution is 2.51. The number of para-hydroxylation sites is 3. The number of benzene rings is 6. The van der Waals surface area contributed by atoms with Crippen LogP contribution in [0.3, 0.4) is 0 Å². The summed E-state index contributed by atoms with van der Waals surface area (Å²) in [5.41, 5.74) is 14.1. The van der Waals surface area contributed by atoms with Crippen LogP contribution < -0.4 is 0 Å². The highest BCUT2D eigenvalue weighted by molar-refractivity contribution is 6.15. The maximum atomic E-state index is 7.08. The van der Waals surface area contributed by atoms with E-state index in [0.717, 1.165) is 62.1 Å². The monoisotopic (exact) mass is 681 g/mol. The van der Waals surface area contributed by atoms with Crippen LogP contribution in [0.25, 0.3) is 83.2 Å². The third-order valence-electron chi connectivity index (χ3n) is 11.5. The van der Waals surface area contributed by atoms with Gasteiger partial charge in [0, 0.05) is 38.4 Å². The third-order valence-corrected chi connectivity index (χ3v) is 11.5. The Hall–Kier alpha value is -6.52. The minimum atomic E-state index is -0.113. The summed E-state index contributed by atoms with van der Waals surface area (Å²) in [6.07, 6.45) is 9.56. The summed E-state index contributed by atoms with van der Waals surface area (Å²) in [4.78, 5) is 10.4. The number of hydrogen-bond donors (Lipinski definition) is 0. The Labute approximate surface area is 307 Å². The molecule has 2 aliphatic rings. The molecule has 252 valence electrons. The minimum Gasteiger partial charge on any atom is -0.453 e. The lowest BCUT2D eigenvalue weighted by Crippen LogP contribution is -2.14. The number of hydrogen-bond acceptors (Lipinski definition) is 3. The van der Waals surface area contributed by atoms with Gasteiger partial charge in [0.2, 0.25) is 0 Å². The Bertz CT molecular complexity index is 3010. The molecular formula is C49H35N3O. The number of nitrogens with zero attached hydrogens (tertiary/aromatic N) is 3. The summed E-state index contributed by atoms with van der Waals surface area (Å²) in [6.45, 7) is 4.69. The van der Waals surface area contributed by atoms with Crippen molar-refractivity contribution in [1.29, 1.82) is 0 Å². The topological polar surface area (TPSA) is 43.9 Å². The van der Waals surface area contributed by atoms with E-state index in [1.807, 2.05) is 6.07 Å². The Morgan fingerprint density at radius 1 is 0.604 bits per heavy atom. The molecule has 2 aliphatic carbocycles. The predicted molar refractivity (Wildman–Crippen MR) is 218 cm³/mol. The molecule has 53 heavy (non-hydrogen) atoms. The van der Waals surface area contributed by atoms with E-state index < -0.39 is 0 Å². The maximum Gasteiger partial charge on any atom is 0.163 e. The van der Waals surface area contributed by atoms with Gasteiger partial charge in [0.25, 0.3) is 0 Å². The van der Waals surface area contributed by atoms with Crippen molar-refractivity contribution in [3.8, 4) is 39.5 Å². The lowest BCUT2D eigenvalue weighted by Gasteiger charge is -2.21. The van der Waals surface area contributed by atoms with Gasteiger partial charge in [-0.1, -0.05) is 135 Å². The van der Waals surface area contributed by atoms with Gasteiger partial charge in [0.15, 0.2) is 11.4 Å². The van der Waals surface area contributed by atoms with Crippen molar-refractivity contribution in [1.82, 2.24) is 14.5 Å². The van der Waals surface area contributed by atoms with Crippen LogP contribution in [0.15, 0.2) is 162 Å². The summed E-state index contributed by atoms with van der Waals surface area (Å²) in [7, 11) is 0. The number of fused-ring (bicyclic) bond motifs is 9. The summed E-state index contributed by atoms with van der Waals surface area (Å²) >= 11 is 0. The first-order chi connectivity index (χ1) is 26.0. The molecule has 3 aromatic heterocycles. The first-order valence-electron chi connectivity index (χ1n) is 18.4. The summed E-state index contributed by atoms with van der Waals surface area (Å²) in [5, 5.41) is 4.59. The van der Waals surface area contributed by atoms with E-state index in [1.54, 1.807) is 0 Å². The SMILES string of the molecule is CC1(C)c2ccccc2-c2cc3c4ccccc4n(-c4cccc5c4oc4c(-c6nc(-c7ccccc7)cc(C7C=CC=CC7)n6)cccc45)c3cc21. The van der Waals surface area contributed by atoms with Gasteiger partial charge in [0.05, 0.1) is 33.7 Å². The lowest BCUT2D eigenvalue weighted by molar-refractivity contribution is 0.660. The second kappa shape index (κ2) is 11.2. The molecule has 0 saturated heterocycles. The fraction of sp³-hybridized carbons (Fsp3) is 0.102. The van der Waals surface area contributed by atoms with Gasteiger partial charge in [-0.05, 0) is 65.1 Å². The van der Waals surface area contributed by atoms with Gasteiger partial charge >= 0.3 is 0 Å². The average molecular weight is 682 g/mol. The molecule has 0 saturated carbocycles. The largest absolute Gasteiger partial charge is 0.453 e.